The summed E-state index contributed by atoms with van der Waals surface area (Å²) in [6.07, 6.45) is 0. The number of hydrogen-bond donors (Lipinski definition) is 1. The van der Waals surface area contributed by atoms with E-state index >= 15 is 0 Å². The minimum atomic E-state index is 0.273. The predicted octanol–water partition coefficient (Wildman–Crippen LogP) is 2.74. The number of nitrogens with one attached hydrogen (secondary N) is 1. The third-order valence-corrected chi connectivity index (χ3v) is 5.09. The molecule has 3 aliphatic heterocycles. The first kappa shape index (κ1) is 15.4. The summed E-state index contributed by atoms with van der Waals surface area (Å²) in [5.74, 6) is 3.83. The van der Waals surface area contributed by atoms with Crippen LogP contribution in [0.4, 0.5) is 0 Å². The van der Waals surface area contributed by atoms with Crippen LogP contribution >= 0.6 is 11.8 Å². The highest BCUT2D eigenvalue weighted by atomic mass is 32.2. The molecule has 0 aromatic heterocycles. The van der Waals surface area contributed by atoms with Crippen molar-refractivity contribution in [2.24, 2.45) is 10.1 Å². The standard InChI is InChI=1S/C18H15N3O4S/c1-3-14-16(24-9-22-14)5-11(1)7-19-18-21-20-13(8-26-18)12-2-4-15-17(6-12)25-10-23-15/h1-6H,7-10H2,(H,19,21). The number of hydrazone groups is 1. The molecule has 0 unspecified atom stereocenters. The van der Waals surface area contributed by atoms with Crippen LogP contribution in [0.1, 0.15) is 11.1 Å². The van der Waals surface area contributed by atoms with Crippen LogP contribution < -0.4 is 24.4 Å². The van der Waals surface area contributed by atoms with E-state index in [2.05, 4.69) is 15.5 Å². The van der Waals surface area contributed by atoms with Gasteiger partial charge in [-0.2, -0.15) is 5.10 Å². The molecule has 3 heterocycles. The van der Waals surface area contributed by atoms with E-state index in [9.17, 15) is 0 Å². The fraction of sp³-hybridized carbons (Fsp3) is 0.222. The van der Waals surface area contributed by atoms with Crippen LogP contribution in [0.5, 0.6) is 23.0 Å². The average Bonchev–Trinajstić information content (AvgIpc) is 3.34. The molecule has 7 nitrogen and oxygen atoms in total. The molecule has 0 spiro atoms. The largest absolute Gasteiger partial charge is 0.454 e. The van der Waals surface area contributed by atoms with Crippen molar-refractivity contribution in [1.82, 2.24) is 5.43 Å². The highest BCUT2D eigenvalue weighted by Crippen LogP contribution is 2.34. The molecule has 0 fully saturated rings. The molecule has 26 heavy (non-hydrogen) atoms. The number of fused-ring (bicyclic) bond motifs is 2. The van der Waals surface area contributed by atoms with Gasteiger partial charge in [-0.05, 0) is 35.9 Å². The smallest absolute Gasteiger partial charge is 0.231 e. The summed E-state index contributed by atoms with van der Waals surface area (Å²) in [5, 5.41) is 5.25. The van der Waals surface area contributed by atoms with E-state index in [1.807, 2.05) is 36.4 Å². The average molecular weight is 369 g/mol. The highest BCUT2D eigenvalue weighted by molar-refractivity contribution is 8.14. The molecule has 0 amide bonds. The number of thioether (sulfide) groups is 1. The van der Waals surface area contributed by atoms with Crippen molar-refractivity contribution >= 4 is 22.6 Å². The second-order valence-corrected chi connectivity index (χ2v) is 6.80. The van der Waals surface area contributed by atoms with Gasteiger partial charge < -0.3 is 18.9 Å². The lowest BCUT2D eigenvalue weighted by atomic mass is 10.1. The summed E-state index contributed by atoms with van der Waals surface area (Å²) in [4.78, 5) is 4.59. The maximum absolute atomic E-state index is 5.42. The topological polar surface area (TPSA) is 73.7 Å². The molecular formula is C18H15N3O4S. The van der Waals surface area contributed by atoms with Gasteiger partial charge in [0.25, 0.3) is 0 Å². The Morgan fingerprint density at radius 3 is 2.42 bits per heavy atom. The summed E-state index contributed by atoms with van der Waals surface area (Å²) in [5.41, 5.74) is 6.07. The monoisotopic (exact) mass is 369 g/mol. The van der Waals surface area contributed by atoms with E-state index < -0.39 is 0 Å². The molecule has 0 aliphatic carbocycles. The Morgan fingerprint density at radius 2 is 1.65 bits per heavy atom. The first-order valence-corrected chi connectivity index (χ1v) is 9.12. The van der Waals surface area contributed by atoms with E-state index in [1.165, 1.54) is 0 Å². The Morgan fingerprint density at radius 1 is 0.923 bits per heavy atom. The van der Waals surface area contributed by atoms with Crippen LogP contribution in [0.2, 0.25) is 0 Å². The molecule has 2 aromatic carbocycles. The molecule has 0 atom stereocenters. The van der Waals surface area contributed by atoms with Crippen molar-refractivity contribution in [3.63, 3.8) is 0 Å². The molecule has 132 valence electrons. The van der Waals surface area contributed by atoms with Crippen LogP contribution in [0.15, 0.2) is 46.5 Å². The summed E-state index contributed by atoms with van der Waals surface area (Å²) >= 11 is 1.62. The molecule has 1 N–H and O–H groups in total. The Hall–Kier alpha value is -2.87. The number of benzene rings is 2. The van der Waals surface area contributed by atoms with Crippen LogP contribution in [0.25, 0.3) is 0 Å². The minimum Gasteiger partial charge on any atom is -0.454 e. The Labute approximate surface area is 154 Å². The van der Waals surface area contributed by atoms with Gasteiger partial charge in [0, 0.05) is 11.3 Å². The quantitative estimate of drug-likeness (QED) is 0.897. The lowest BCUT2D eigenvalue weighted by molar-refractivity contribution is 0.173. The van der Waals surface area contributed by atoms with Gasteiger partial charge in [0.2, 0.25) is 13.6 Å². The van der Waals surface area contributed by atoms with Crippen molar-refractivity contribution in [1.29, 1.82) is 0 Å². The Balaban J connectivity index is 1.26. The van der Waals surface area contributed by atoms with Crippen molar-refractivity contribution < 1.29 is 18.9 Å². The van der Waals surface area contributed by atoms with Gasteiger partial charge in [0.05, 0.1) is 12.3 Å². The normalized spacial score (nSPS) is 18.6. The third kappa shape index (κ3) is 2.92. The van der Waals surface area contributed by atoms with Crippen molar-refractivity contribution in [3.05, 3.63) is 47.5 Å². The third-order valence-electron chi connectivity index (χ3n) is 4.18. The second kappa shape index (κ2) is 6.45. The molecule has 2 aromatic rings. The highest BCUT2D eigenvalue weighted by Gasteiger charge is 2.18. The molecule has 0 saturated heterocycles. The summed E-state index contributed by atoms with van der Waals surface area (Å²) in [6.45, 7) is 1.11. The minimum absolute atomic E-state index is 0.273. The second-order valence-electron chi connectivity index (χ2n) is 5.84. The van der Waals surface area contributed by atoms with Gasteiger partial charge >= 0.3 is 0 Å². The van der Waals surface area contributed by atoms with Gasteiger partial charge in [-0.3, -0.25) is 10.4 Å². The molecule has 5 rings (SSSR count). The molecule has 0 radical (unpaired) electrons. The Kier molecular flexibility index (Phi) is 3.82. The van der Waals surface area contributed by atoms with Gasteiger partial charge in [0.15, 0.2) is 28.2 Å². The lowest BCUT2D eigenvalue weighted by Gasteiger charge is -2.15. The van der Waals surface area contributed by atoms with E-state index in [0.29, 0.717) is 6.54 Å². The van der Waals surface area contributed by atoms with Gasteiger partial charge in [-0.25, -0.2) is 0 Å². The fourth-order valence-corrected chi connectivity index (χ4v) is 3.59. The number of rotatable bonds is 3. The molecule has 8 heteroatoms. The SMILES string of the molecule is c1cc2c(cc1CN=C1NN=C(c3ccc4c(c3)OCO4)CS1)OCO2. The van der Waals surface area contributed by atoms with Crippen LogP contribution in [-0.2, 0) is 6.54 Å². The maximum atomic E-state index is 5.42. The fourth-order valence-electron chi connectivity index (χ4n) is 2.82. The van der Waals surface area contributed by atoms with Crippen LogP contribution in [0.3, 0.4) is 0 Å². The summed E-state index contributed by atoms with van der Waals surface area (Å²) < 4.78 is 21.5. The first-order valence-electron chi connectivity index (χ1n) is 8.13. The molecular weight excluding hydrogens is 354 g/mol. The number of hydrogen-bond acceptors (Lipinski definition) is 7. The predicted molar refractivity (Wildman–Crippen MR) is 98.4 cm³/mol. The zero-order valence-corrected chi connectivity index (χ0v) is 14.5. The van der Waals surface area contributed by atoms with E-state index in [-0.39, 0.29) is 13.6 Å². The number of aliphatic imine (C=N–C) groups is 1. The number of nitrogens with zero attached hydrogens (tertiary/aromatic N) is 2. The lowest BCUT2D eigenvalue weighted by Crippen LogP contribution is -2.25. The molecule has 0 bridgehead atoms. The molecule has 3 aliphatic rings. The van der Waals surface area contributed by atoms with Crippen molar-refractivity contribution in [3.8, 4) is 23.0 Å². The summed E-state index contributed by atoms with van der Waals surface area (Å²) in [7, 11) is 0. The number of ether oxygens (including phenoxy) is 4. The van der Waals surface area contributed by atoms with Crippen molar-refractivity contribution in [2.45, 2.75) is 6.54 Å². The summed E-state index contributed by atoms with van der Waals surface area (Å²) in [6, 6.07) is 11.7. The van der Waals surface area contributed by atoms with Crippen LogP contribution in [0, 0.1) is 0 Å². The first-order chi connectivity index (χ1) is 12.8. The van der Waals surface area contributed by atoms with E-state index in [1.54, 1.807) is 11.8 Å². The van der Waals surface area contributed by atoms with Gasteiger partial charge in [0.1, 0.15) is 0 Å². The zero-order chi connectivity index (χ0) is 17.3. The maximum Gasteiger partial charge on any atom is 0.231 e. The molecule has 0 saturated carbocycles. The van der Waals surface area contributed by atoms with Gasteiger partial charge in [-0.15, -0.1) is 0 Å². The number of amidine groups is 1. The Bertz CT molecular complexity index is 929. The van der Waals surface area contributed by atoms with E-state index in [4.69, 9.17) is 18.9 Å². The van der Waals surface area contributed by atoms with Crippen molar-refractivity contribution in [2.75, 3.05) is 19.3 Å². The zero-order valence-electron chi connectivity index (χ0n) is 13.7. The van der Waals surface area contributed by atoms with Crippen LogP contribution in [-0.4, -0.2) is 30.2 Å². The van der Waals surface area contributed by atoms with E-state index in [0.717, 1.165) is 50.8 Å². The van der Waals surface area contributed by atoms with Gasteiger partial charge in [-0.1, -0.05) is 17.8 Å².